The number of likely N-dealkylation sites (N-methyl/N-ethyl adjacent to an activating group) is 1. The smallest absolute Gasteiger partial charge is 0.256 e. The number of ether oxygens (including phenoxy) is 2. The van der Waals surface area contributed by atoms with Gasteiger partial charge in [-0.15, -0.1) is 0 Å². The maximum Gasteiger partial charge on any atom is 0.256 e. The molecular formula is C15H22N2O3. The number of benzene rings is 1. The number of nitrogens with one attached hydrogen (secondary N) is 1. The highest BCUT2D eigenvalue weighted by Gasteiger charge is 2.30. The maximum atomic E-state index is 12.6. The molecule has 0 saturated carbocycles. The van der Waals surface area contributed by atoms with Gasteiger partial charge in [0.05, 0.1) is 12.7 Å². The summed E-state index contributed by atoms with van der Waals surface area (Å²) in [5.74, 6) is 0.00287. The molecule has 0 spiro atoms. The average Bonchev–Trinajstić information content (AvgIpc) is 2.50. The minimum Gasteiger partial charge on any atom is -0.373 e. The Morgan fingerprint density at radius 3 is 2.90 bits per heavy atom. The number of hydrogen-bond acceptors (Lipinski definition) is 4. The monoisotopic (exact) mass is 278 g/mol. The average molecular weight is 278 g/mol. The zero-order valence-corrected chi connectivity index (χ0v) is 12.0. The van der Waals surface area contributed by atoms with Gasteiger partial charge in [0.1, 0.15) is 0 Å². The van der Waals surface area contributed by atoms with Crippen molar-refractivity contribution in [2.75, 3.05) is 40.4 Å². The second-order valence-corrected chi connectivity index (χ2v) is 4.86. The van der Waals surface area contributed by atoms with Gasteiger partial charge in [0.25, 0.3) is 5.91 Å². The minimum atomic E-state index is -0.537. The fourth-order valence-electron chi connectivity index (χ4n) is 2.44. The summed E-state index contributed by atoms with van der Waals surface area (Å²) in [7, 11) is 3.45. The van der Waals surface area contributed by atoms with Gasteiger partial charge in [-0.1, -0.05) is 30.3 Å². The fourth-order valence-corrected chi connectivity index (χ4v) is 2.44. The molecular weight excluding hydrogens is 256 g/mol. The van der Waals surface area contributed by atoms with Gasteiger partial charge in [0, 0.05) is 26.7 Å². The number of methoxy groups -OCH3 is 1. The molecule has 1 aromatic rings. The zero-order valence-electron chi connectivity index (χ0n) is 12.0. The van der Waals surface area contributed by atoms with Crippen molar-refractivity contribution >= 4 is 5.91 Å². The molecule has 1 amide bonds. The first-order chi connectivity index (χ1) is 9.76. The van der Waals surface area contributed by atoms with Crippen LogP contribution in [-0.4, -0.2) is 57.3 Å². The molecule has 20 heavy (non-hydrogen) atoms. The molecule has 1 fully saturated rings. The van der Waals surface area contributed by atoms with Crippen LogP contribution in [0.4, 0.5) is 0 Å². The van der Waals surface area contributed by atoms with Gasteiger partial charge in [-0.25, -0.2) is 0 Å². The SMILES string of the molecule is CNCC1CN(C(=O)C(OC)c2ccccc2)CCO1. The number of carbonyl (C=O) groups excluding carboxylic acids is 1. The number of rotatable bonds is 5. The van der Waals surface area contributed by atoms with E-state index in [4.69, 9.17) is 9.47 Å². The van der Waals surface area contributed by atoms with E-state index in [0.29, 0.717) is 19.7 Å². The van der Waals surface area contributed by atoms with Crippen LogP contribution in [-0.2, 0) is 14.3 Å². The van der Waals surface area contributed by atoms with E-state index in [1.165, 1.54) is 0 Å². The Morgan fingerprint density at radius 2 is 2.25 bits per heavy atom. The van der Waals surface area contributed by atoms with Crippen LogP contribution >= 0.6 is 0 Å². The van der Waals surface area contributed by atoms with Gasteiger partial charge < -0.3 is 19.7 Å². The van der Waals surface area contributed by atoms with Crippen molar-refractivity contribution in [3.05, 3.63) is 35.9 Å². The highest BCUT2D eigenvalue weighted by atomic mass is 16.5. The van der Waals surface area contributed by atoms with Crippen LogP contribution in [0.3, 0.4) is 0 Å². The Labute approximate surface area is 119 Å². The summed E-state index contributed by atoms with van der Waals surface area (Å²) in [5.41, 5.74) is 0.886. The summed E-state index contributed by atoms with van der Waals surface area (Å²) < 4.78 is 11.0. The minimum absolute atomic E-state index is 0.00287. The molecule has 1 N–H and O–H groups in total. The summed E-state index contributed by atoms with van der Waals surface area (Å²) in [4.78, 5) is 14.4. The van der Waals surface area contributed by atoms with Crippen molar-refractivity contribution in [2.24, 2.45) is 0 Å². The summed E-state index contributed by atoms with van der Waals surface area (Å²) in [6, 6.07) is 9.59. The summed E-state index contributed by atoms with van der Waals surface area (Å²) in [6.45, 7) is 2.54. The molecule has 1 aliphatic heterocycles. The summed E-state index contributed by atoms with van der Waals surface area (Å²) in [5, 5.41) is 3.08. The second kappa shape index (κ2) is 7.38. The standard InChI is InChI=1S/C15H22N2O3/c1-16-10-13-11-17(8-9-20-13)15(18)14(19-2)12-6-4-3-5-7-12/h3-7,13-14,16H,8-11H2,1-2H3. The Bertz CT molecular complexity index is 422. The van der Waals surface area contributed by atoms with E-state index < -0.39 is 6.10 Å². The van der Waals surface area contributed by atoms with Crippen molar-refractivity contribution in [3.8, 4) is 0 Å². The first kappa shape index (κ1) is 15.0. The number of morpholine rings is 1. The lowest BCUT2D eigenvalue weighted by atomic mass is 10.1. The fraction of sp³-hybridized carbons (Fsp3) is 0.533. The lowest BCUT2D eigenvalue weighted by Gasteiger charge is -2.34. The van der Waals surface area contributed by atoms with Crippen LogP contribution < -0.4 is 5.32 Å². The van der Waals surface area contributed by atoms with E-state index in [-0.39, 0.29) is 12.0 Å². The normalized spacial score (nSPS) is 20.7. The lowest BCUT2D eigenvalue weighted by molar-refractivity contribution is -0.149. The van der Waals surface area contributed by atoms with E-state index in [2.05, 4.69) is 5.32 Å². The third-order valence-corrected chi connectivity index (χ3v) is 3.44. The van der Waals surface area contributed by atoms with Crippen molar-refractivity contribution in [1.29, 1.82) is 0 Å². The van der Waals surface area contributed by atoms with Gasteiger partial charge in [0.15, 0.2) is 6.10 Å². The quantitative estimate of drug-likeness (QED) is 0.866. The highest BCUT2D eigenvalue weighted by molar-refractivity contribution is 5.82. The molecule has 0 bridgehead atoms. The topological polar surface area (TPSA) is 50.8 Å². The maximum absolute atomic E-state index is 12.6. The first-order valence-electron chi connectivity index (χ1n) is 6.89. The molecule has 0 radical (unpaired) electrons. The third kappa shape index (κ3) is 3.56. The van der Waals surface area contributed by atoms with Gasteiger partial charge in [-0.3, -0.25) is 4.79 Å². The predicted octanol–water partition coefficient (Wildman–Crippen LogP) is 0.821. The van der Waals surface area contributed by atoms with Crippen LogP contribution in [0.2, 0.25) is 0 Å². The Hall–Kier alpha value is -1.43. The number of hydrogen-bond donors (Lipinski definition) is 1. The molecule has 2 atom stereocenters. The molecule has 1 aliphatic rings. The van der Waals surface area contributed by atoms with Crippen LogP contribution in [0.15, 0.2) is 30.3 Å². The van der Waals surface area contributed by atoms with E-state index >= 15 is 0 Å². The molecule has 110 valence electrons. The molecule has 1 saturated heterocycles. The van der Waals surface area contributed by atoms with E-state index in [1.807, 2.05) is 42.3 Å². The van der Waals surface area contributed by atoms with Crippen LogP contribution in [0, 0.1) is 0 Å². The molecule has 1 heterocycles. The highest BCUT2D eigenvalue weighted by Crippen LogP contribution is 2.20. The largest absolute Gasteiger partial charge is 0.373 e. The molecule has 5 nitrogen and oxygen atoms in total. The van der Waals surface area contributed by atoms with Crippen LogP contribution in [0.1, 0.15) is 11.7 Å². The molecule has 2 unspecified atom stereocenters. The number of nitrogens with zero attached hydrogens (tertiary/aromatic N) is 1. The predicted molar refractivity (Wildman–Crippen MR) is 76.4 cm³/mol. The molecule has 0 aliphatic carbocycles. The molecule has 5 heteroatoms. The summed E-state index contributed by atoms with van der Waals surface area (Å²) >= 11 is 0. The molecule has 1 aromatic carbocycles. The van der Waals surface area contributed by atoms with Gasteiger partial charge >= 0.3 is 0 Å². The zero-order chi connectivity index (χ0) is 14.4. The van der Waals surface area contributed by atoms with E-state index in [1.54, 1.807) is 7.11 Å². The van der Waals surface area contributed by atoms with Crippen molar-refractivity contribution < 1.29 is 14.3 Å². The third-order valence-electron chi connectivity index (χ3n) is 3.44. The van der Waals surface area contributed by atoms with Crippen molar-refractivity contribution in [3.63, 3.8) is 0 Å². The van der Waals surface area contributed by atoms with Gasteiger partial charge in [-0.2, -0.15) is 0 Å². The van der Waals surface area contributed by atoms with E-state index in [9.17, 15) is 4.79 Å². The summed E-state index contributed by atoms with van der Waals surface area (Å²) in [6.07, 6.45) is -0.490. The van der Waals surface area contributed by atoms with Crippen LogP contribution in [0.25, 0.3) is 0 Å². The van der Waals surface area contributed by atoms with Crippen molar-refractivity contribution in [2.45, 2.75) is 12.2 Å². The van der Waals surface area contributed by atoms with Gasteiger partial charge in [0.2, 0.25) is 0 Å². The molecule has 0 aromatic heterocycles. The second-order valence-electron chi connectivity index (χ2n) is 4.86. The Kier molecular flexibility index (Phi) is 5.52. The lowest BCUT2D eigenvalue weighted by Crippen LogP contribution is -2.50. The van der Waals surface area contributed by atoms with Gasteiger partial charge in [-0.05, 0) is 12.6 Å². The van der Waals surface area contributed by atoms with Crippen molar-refractivity contribution in [1.82, 2.24) is 10.2 Å². The first-order valence-corrected chi connectivity index (χ1v) is 6.89. The number of amides is 1. The molecule has 2 rings (SSSR count). The number of carbonyl (C=O) groups is 1. The Balaban J connectivity index is 2.05. The Morgan fingerprint density at radius 1 is 1.50 bits per heavy atom. The van der Waals surface area contributed by atoms with Crippen LogP contribution in [0.5, 0.6) is 0 Å². The van der Waals surface area contributed by atoms with E-state index in [0.717, 1.165) is 12.1 Å².